The van der Waals surface area contributed by atoms with Gasteiger partial charge in [-0.2, -0.15) is 0 Å². The molecule has 2 saturated heterocycles. The van der Waals surface area contributed by atoms with Gasteiger partial charge in [0.15, 0.2) is 12.6 Å². The summed E-state index contributed by atoms with van der Waals surface area (Å²) in [6, 6.07) is 0. The summed E-state index contributed by atoms with van der Waals surface area (Å²) >= 11 is 0. The maximum atomic E-state index is 13.1. The molecule has 0 amide bonds. The quantitative estimate of drug-likeness (QED) is 0.0173. The summed E-state index contributed by atoms with van der Waals surface area (Å²) in [6.45, 7) is 3.49. The van der Waals surface area contributed by atoms with Crippen molar-refractivity contribution in [2.45, 2.75) is 248 Å². The summed E-state index contributed by atoms with van der Waals surface area (Å²) in [6.07, 6.45) is 38.1. The normalized spacial score (nSPS) is 25.9. The van der Waals surface area contributed by atoms with E-state index in [1.807, 2.05) is 0 Å². The zero-order valence-corrected chi connectivity index (χ0v) is 43.7. The van der Waals surface area contributed by atoms with E-state index in [1.165, 1.54) is 57.8 Å². The Labute approximate surface area is 427 Å². The number of carbonyl (C=O) groups excluding carboxylic acids is 1. The molecule has 2 rings (SSSR count). The van der Waals surface area contributed by atoms with Crippen molar-refractivity contribution in [3.05, 3.63) is 72.9 Å². The van der Waals surface area contributed by atoms with E-state index in [0.29, 0.717) is 13.0 Å². The molecule has 0 spiro atoms. The van der Waals surface area contributed by atoms with Gasteiger partial charge in [0.05, 0.1) is 26.4 Å². The smallest absolute Gasteiger partial charge is 0.306 e. The summed E-state index contributed by atoms with van der Waals surface area (Å²) in [7, 11) is 0. The van der Waals surface area contributed by atoms with Gasteiger partial charge in [-0.3, -0.25) is 4.79 Å². The number of unbranched alkanes of at least 4 members (excludes halogenated alkanes) is 17. The van der Waals surface area contributed by atoms with Gasteiger partial charge >= 0.3 is 5.97 Å². The van der Waals surface area contributed by atoms with E-state index >= 15 is 0 Å². The Morgan fingerprint density at radius 1 is 0.479 bits per heavy atom. The van der Waals surface area contributed by atoms with E-state index in [-0.39, 0.29) is 25.6 Å². The molecular formula is C57H98O14. The Morgan fingerprint density at radius 2 is 0.915 bits per heavy atom. The predicted octanol–water partition coefficient (Wildman–Crippen LogP) is 9.08. The fourth-order valence-corrected chi connectivity index (χ4v) is 8.25. The highest BCUT2D eigenvalue weighted by Crippen LogP contribution is 2.26. The average Bonchev–Trinajstić information content (AvgIpc) is 3.37. The standard InChI is InChI=1S/C57H98O14/c1-3-5-7-9-11-13-15-17-19-21-23-24-26-28-30-32-34-36-38-40-49(59)69-46(43-66-41-39-37-35-33-31-29-27-25-22-20-18-16-14-12-10-8-6-4-2)44-67-56-55(65)53(63)51(61)48(71-56)45-68-57-54(64)52(62)50(60)47(42-58)70-57/h6,8,11-14,17-20,25,27,46-48,50-58,60-65H,3-5,7,9-10,15-16,21-24,26,28-45H2,1-2H3/b8-6-,13-11-,14-12-,19-17-,20-18-,27-25-. The number of ether oxygens (including phenoxy) is 6. The van der Waals surface area contributed by atoms with Crippen molar-refractivity contribution in [1.82, 2.24) is 0 Å². The first kappa shape index (κ1) is 64.5. The molecule has 2 heterocycles. The van der Waals surface area contributed by atoms with Gasteiger partial charge in [-0.1, -0.05) is 164 Å². The first-order chi connectivity index (χ1) is 34.6. The molecule has 0 aromatic rings. The molecule has 71 heavy (non-hydrogen) atoms. The number of rotatable bonds is 43. The van der Waals surface area contributed by atoms with Crippen molar-refractivity contribution in [3.63, 3.8) is 0 Å². The van der Waals surface area contributed by atoms with Gasteiger partial charge in [0.1, 0.15) is 54.9 Å². The van der Waals surface area contributed by atoms with Crippen LogP contribution >= 0.6 is 0 Å². The summed E-state index contributed by atoms with van der Waals surface area (Å²) in [4.78, 5) is 13.1. The van der Waals surface area contributed by atoms with Crippen LogP contribution in [0.25, 0.3) is 0 Å². The number of carbonyl (C=O) groups is 1. The molecule has 0 aromatic heterocycles. The lowest BCUT2D eigenvalue weighted by Crippen LogP contribution is -2.61. The van der Waals surface area contributed by atoms with Crippen LogP contribution in [0.15, 0.2) is 72.9 Å². The van der Waals surface area contributed by atoms with E-state index in [2.05, 4.69) is 86.8 Å². The minimum absolute atomic E-state index is 0.0437. The predicted molar refractivity (Wildman–Crippen MR) is 279 cm³/mol. The molecule has 0 aliphatic carbocycles. The van der Waals surface area contributed by atoms with Crippen LogP contribution in [-0.2, 0) is 33.2 Å². The van der Waals surface area contributed by atoms with Gasteiger partial charge in [0, 0.05) is 13.0 Å². The molecule has 2 fully saturated rings. The second kappa shape index (κ2) is 43.8. The zero-order chi connectivity index (χ0) is 51.6. The molecule has 11 atom stereocenters. The molecule has 11 unspecified atom stereocenters. The Morgan fingerprint density at radius 3 is 1.44 bits per heavy atom. The summed E-state index contributed by atoms with van der Waals surface area (Å²) in [5.41, 5.74) is 0. The molecular weight excluding hydrogens is 909 g/mol. The van der Waals surface area contributed by atoms with Crippen LogP contribution in [0.2, 0.25) is 0 Å². The Hall–Kier alpha value is -2.57. The van der Waals surface area contributed by atoms with Crippen molar-refractivity contribution in [3.8, 4) is 0 Å². The molecule has 0 radical (unpaired) electrons. The van der Waals surface area contributed by atoms with Crippen LogP contribution in [0.5, 0.6) is 0 Å². The van der Waals surface area contributed by atoms with Gasteiger partial charge in [0.2, 0.25) is 0 Å². The molecule has 0 aromatic carbocycles. The van der Waals surface area contributed by atoms with E-state index < -0.39 is 80.7 Å². The first-order valence-corrected chi connectivity index (χ1v) is 27.5. The highest BCUT2D eigenvalue weighted by Gasteiger charge is 2.47. The molecule has 14 nitrogen and oxygen atoms in total. The lowest BCUT2D eigenvalue weighted by molar-refractivity contribution is -0.332. The van der Waals surface area contributed by atoms with Crippen molar-refractivity contribution in [2.75, 3.05) is 33.0 Å². The SMILES string of the molecule is CC/C=C\C/C=C\C/C=C\C/C=C\CCCCCCCOCC(COC1OC(COC2OC(CO)C(O)C(O)C2O)C(O)C(O)C1O)OC(=O)CCCCCCCCCCC/C=C\C/C=C\CCCCC. The fourth-order valence-electron chi connectivity index (χ4n) is 8.25. The van der Waals surface area contributed by atoms with Gasteiger partial charge in [0.25, 0.3) is 0 Å². The summed E-state index contributed by atoms with van der Waals surface area (Å²) < 4.78 is 34.3. The van der Waals surface area contributed by atoms with Gasteiger partial charge in [-0.25, -0.2) is 0 Å². The molecule has 2 aliphatic heterocycles. The third-order valence-electron chi connectivity index (χ3n) is 12.7. The average molecular weight is 1010 g/mol. The van der Waals surface area contributed by atoms with Crippen LogP contribution < -0.4 is 0 Å². The second-order valence-corrected chi connectivity index (χ2v) is 19.0. The minimum Gasteiger partial charge on any atom is -0.457 e. The van der Waals surface area contributed by atoms with Crippen LogP contribution in [0, 0.1) is 0 Å². The number of hydrogen-bond donors (Lipinski definition) is 7. The van der Waals surface area contributed by atoms with Crippen molar-refractivity contribution in [2.24, 2.45) is 0 Å². The third kappa shape index (κ3) is 31.0. The monoisotopic (exact) mass is 1010 g/mol. The van der Waals surface area contributed by atoms with Crippen LogP contribution in [0.1, 0.15) is 181 Å². The minimum atomic E-state index is -1.71. The highest BCUT2D eigenvalue weighted by molar-refractivity contribution is 5.69. The van der Waals surface area contributed by atoms with Crippen molar-refractivity contribution in [1.29, 1.82) is 0 Å². The largest absolute Gasteiger partial charge is 0.457 e. The van der Waals surface area contributed by atoms with E-state index in [4.69, 9.17) is 28.4 Å². The first-order valence-electron chi connectivity index (χ1n) is 27.5. The van der Waals surface area contributed by atoms with Crippen LogP contribution in [0.3, 0.4) is 0 Å². The number of allylic oxidation sites excluding steroid dienone is 12. The lowest BCUT2D eigenvalue weighted by Gasteiger charge is -2.42. The fraction of sp³-hybridized carbons (Fsp3) is 0.772. The number of hydrogen-bond acceptors (Lipinski definition) is 14. The highest BCUT2D eigenvalue weighted by atomic mass is 16.7. The number of esters is 1. The maximum Gasteiger partial charge on any atom is 0.306 e. The lowest BCUT2D eigenvalue weighted by atomic mass is 9.98. The Balaban J connectivity index is 1.75. The molecule has 410 valence electrons. The topological polar surface area (TPSA) is 214 Å². The van der Waals surface area contributed by atoms with Gasteiger partial charge in [-0.15, -0.1) is 0 Å². The maximum absolute atomic E-state index is 13.1. The number of aliphatic hydroxyl groups is 7. The van der Waals surface area contributed by atoms with Gasteiger partial charge in [-0.05, 0) is 83.5 Å². The molecule has 14 heteroatoms. The van der Waals surface area contributed by atoms with E-state index in [0.717, 1.165) is 96.3 Å². The Kier molecular flexibility index (Phi) is 39.8. The second-order valence-electron chi connectivity index (χ2n) is 19.0. The Bertz CT molecular complexity index is 1450. The van der Waals surface area contributed by atoms with Gasteiger partial charge < -0.3 is 64.2 Å². The van der Waals surface area contributed by atoms with E-state index in [9.17, 15) is 40.5 Å². The van der Waals surface area contributed by atoms with E-state index in [1.54, 1.807) is 0 Å². The van der Waals surface area contributed by atoms with Crippen LogP contribution in [-0.4, -0.2) is 142 Å². The number of aliphatic hydroxyl groups excluding tert-OH is 7. The molecule has 7 N–H and O–H groups in total. The molecule has 0 saturated carbocycles. The zero-order valence-electron chi connectivity index (χ0n) is 43.7. The van der Waals surface area contributed by atoms with Crippen molar-refractivity contribution >= 4 is 5.97 Å². The summed E-state index contributed by atoms with van der Waals surface area (Å²) in [5.74, 6) is -0.390. The molecule has 2 aliphatic rings. The molecule has 0 bridgehead atoms. The van der Waals surface area contributed by atoms with Crippen molar-refractivity contribution < 1.29 is 69.0 Å². The summed E-state index contributed by atoms with van der Waals surface area (Å²) in [5, 5.41) is 72.3. The van der Waals surface area contributed by atoms with Crippen LogP contribution in [0.4, 0.5) is 0 Å². The third-order valence-corrected chi connectivity index (χ3v) is 12.7.